The predicted molar refractivity (Wildman–Crippen MR) is 100 cm³/mol. The van der Waals surface area contributed by atoms with Gasteiger partial charge >= 0.3 is 0 Å². The van der Waals surface area contributed by atoms with Gasteiger partial charge in [0.2, 0.25) is 11.7 Å². The Morgan fingerprint density at radius 3 is 2.78 bits per heavy atom. The van der Waals surface area contributed by atoms with Crippen LogP contribution in [0, 0.1) is 19.7 Å². The molecule has 2 aromatic heterocycles. The summed E-state index contributed by atoms with van der Waals surface area (Å²) in [5.41, 5.74) is 1.86. The summed E-state index contributed by atoms with van der Waals surface area (Å²) in [5, 5.41) is 6.90. The first kappa shape index (κ1) is 19.0. The minimum absolute atomic E-state index is 0.172. The topological polar surface area (TPSA) is 80.9 Å². The number of pyridine rings is 1. The zero-order valence-corrected chi connectivity index (χ0v) is 15.9. The molecule has 0 bridgehead atoms. The summed E-state index contributed by atoms with van der Waals surface area (Å²) >= 11 is 5.88. The minimum Gasteiger partial charge on any atom is -0.339 e. The molecule has 1 amide bonds. The van der Waals surface area contributed by atoms with Crippen LogP contribution in [0.5, 0.6) is 0 Å². The number of hydrogen-bond donors (Lipinski definition) is 1. The van der Waals surface area contributed by atoms with Crippen LogP contribution in [0.1, 0.15) is 40.9 Å². The quantitative estimate of drug-likeness (QED) is 0.682. The molecule has 0 saturated heterocycles. The van der Waals surface area contributed by atoms with Crippen LogP contribution in [0.2, 0.25) is 5.02 Å². The van der Waals surface area contributed by atoms with E-state index in [4.69, 9.17) is 16.1 Å². The van der Waals surface area contributed by atoms with Crippen molar-refractivity contribution < 1.29 is 13.7 Å². The first-order valence-electron chi connectivity index (χ1n) is 8.46. The van der Waals surface area contributed by atoms with E-state index in [2.05, 4.69) is 20.4 Å². The highest BCUT2D eigenvalue weighted by atomic mass is 35.5. The van der Waals surface area contributed by atoms with Gasteiger partial charge in [0.25, 0.3) is 5.91 Å². The van der Waals surface area contributed by atoms with Gasteiger partial charge in [-0.25, -0.2) is 9.37 Å². The number of nitrogens with one attached hydrogen (secondary N) is 1. The third-order valence-corrected chi connectivity index (χ3v) is 4.14. The molecular weight excluding hydrogens is 371 g/mol. The number of hydrogen-bond acceptors (Lipinski definition) is 5. The SMILES string of the molecule is CCCc1nc(-c2c(C)cc(C)nc2NC(=O)c2cc(Cl)ccc2F)no1. The molecule has 1 N–H and O–H groups in total. The summed E-state index contributed by atoms with van der Waals surface area (Å²) in [5.74, 6) is -0.268. The van der Waals surface area contributed by atoms with Gasteiger partial charge in [-0.3, -0.25) is 4.79 Å². The van der Waals surface area contributed by atoms with Crippen LogP contribution in [-0.2, 0) is 6.42 Å². The second-order valence-electron chi connectivity index (χ2n) is 6.14. The molecule has 2 heterocycles. The van der Waals surface area contributed by atoms with E-state index >= 15 is 0 Å². The van der Waals surface area contributed by atoms with Gasteiger partial charge in [-0.2, -0.15) is 4.98 Å². The molecule has 1 aromatic carbocycles. The molecule has 3 aromatic rings. The molecule has 3 rings (SSSR count). The van der Waals surface area contributed by atoms with Gasteiger partial charge in [0.15, 0.2) is 0 Å². The molecule has 0 spiro atoms. The van der Waals surface area contributed by atoms with Gasteiger partial charge in [-0.15, -0.1) is 0 Å². The van der Waals surface area contributed by atoms with Gasteiger partial charge < -0.3 is 9.84 Å². The number of nitrogens with zero attached hydrogens (tertiary/aromatic N) is 3. The van der Waals surface area contributed by atoms with Crippen molar-refractivity contribution in [3.8, 4) is 11.4 Å². The third-order valence-electron chi connectivity index (χ3n) is 3.91. The van der Waals surface area contributed by atoms with Crippen LogP contribution < -0.4 is 5.32 Å². The Morgan fingerprint density at radius 1 is 1.26 bits per heavy atom. The van der Waals surface area contributed by atoms with Crippen LogP contribution >= 0.6 is 11.6 Å². The Morgan fingerprint density at radius 2 is 2.04 bits per heavy atom. The summed E-state index contributed by atoms with van der Waals surface area (Å²) in [4.78, 5) is 21.3. The number of amides is 1. The fraction of sp³-hybridized carbons (Fsp3) is 0.263. The number of aromatic nitrogens is 3. The molecule has 0 unspecified atom stereocenters. The molecule has 8 heteroatoms. The van der Waals surface area contributed by atoms with Crippen molar-refractivity contribution in [1.29, 1.82) is 0 Å². The van der Waals surface area contributed by atoms with Crippen molar-refractivity contribution in [2.45, 2.75) is 33.6 Å². The summed E-state index contributed by atoms with van der Waals surface area (Å²) < 4.78 is 19.3. The fourth-order valence-electron chi connectivity index (χ4n) is 2.73. The molecule has 0 radical (unpaired) electrons. The molecular formula is C19H18ClFN4O2. The minimum atomic E-state index is -0.674. The lowest BCUT2D eigenvalue weighted by atomic mass is 10.1. The molecule has 0 saturated carbocycles. The number of carbonyl (C=O) groups excluding carboxylic acids is 1. The molecule has 0 fully saturated rings. The second-order valence-corrected chi connectivity index (χ2v) is 6.58. The molecule has 0 aliphatic heterocycles. The largest absolute Gasteiger partial charge is 0.339 e. The first-order valence-corrected chi connectivity index (χ1v) is 8.84. The van der Waals surface area contributed by atoms with E-state index in [1.807, 2.05) is 19.9 Å². The Hall–Kier alpha value is -2.80. The van der Waals surface area contributed by atoms with Crippen molar-refractivity contribution in [2.24, 2.45) is 0 Å². The van der Waals surface area contributed by atoms with Crippen LogP contribution in [0.3, 0.4) is 0 Å². The molecule has 0 aliphatic carbocycles. The highest BCUT2D eigenvalue weighted by Gasteiger charge is 2.20. The standard InChI is InChI=1S/C19H18ClFN4O2/c1-4-5-15-23-18(25-27-15)16-10(2)8-11(3)22-17(16)24-19(26)13-9-12(20)6-7-14(13)21/h6-9H,4-5H2,1-3H3,(H,22,24,26). The average Bonchev–Trinajstić information content (AvgIpc) is 3.05. The number of rotatable bonds is 5. The van der Waals surface area contributed by atoms with Crippen LogP contribution in [0.4, 0.5) is 10.2 Å². The smallest absolute Gasteiger partial charge is 0.259 e. The number of anilines is 1. The van der Waals surface area contributed by atoms with E-state index in [0.717, 1.165) is 18.1 Å². The molecule has 6 nitrogen and oxygen atoms in total. The maximum Gasteiger partial charge on any atom is 0.259 e. The van der Waals surface area contributed by atoms with Gasteiger partial charge in [0.05, 0.1) is 11.1 Å². The number of aryl methyl sites for hydroxylation is 3. The maximum atomic E-state index is 14.0. The van der Waals surface area contributed by atoms with Gasteiger partial charge in [-0.1, -0.05) is 23.7 Å². The first-order chi connectivity index (χ1) is 12.9. The monoisotopic (exact) mass is 388 g/mol. The zero-order chi connectivity index (χ0) is 19.6. The Kier molecular flexibility index (Phi) is 5.51. The van der Waals surface area contributed by atoms with E-state index in [1.54, 1.807) is 6.92 Å². The lowest BCUT2D eigenvalue weighted by Gasteiger charge is -2.12. The molecule has 0 aliphatic rings. The Balaban J connectivity index is 2.01. The average molecular weight is 389 g/mol. The molecule has 27 heavy (non-hydrogen) atoms. The summed E-state index contributed by atoms with van der Waals surface area (Å²) in [6.07, 6.45) is 1.52. The highest BCUT2D eigenvalue weighted by Crippen LogP contribution is 2.29. The lowest BCUT2D eigenvalue weighted by molar-refractivity contribution is 0.102. The summed E-state index contributed by atoms with van der Waals surface area (Å²) in [7, 11) is 0. The predicted octanol–water partition coefficient (Wildman–Crippen LogP) is 4.75. The Labute approximate surface area is 160 Å². The van der Waals surface area contributed by atoms with Gasteiger partial charge in [0.1, 0.15) is 11.6 Å². The third kappa shape index (κ3) is 4.14. The summed E-state index contributed by atoms with van der Waals surface area (Å²) in [6, 6.07) is 5.63. The molecule has 140 valence electrons. The van der Waals surface area contributed by atoms with Gasteiger partial charge in [-0.05, 0) is 50.1 Å². The van der Waals surface area contributed by atoms with E-state index in [-0.39, 0.29) is 16.4 Å². The van der Waals surface area contributed by atoms with E-state index in [1.165, 1.54) is 12.1 Å². The van der Waals surface area contributed by atoms with Crippen molar-refractivity contribution in [3.05, 3.63) is 57.8 Å². The van der Waals surface area contributed by atoms with Crippen molar-refractivity contribution in [2.75, 3.05) is 5.32 Å². The van der Waals surface area contributed by atoms with Gasteiger partial charge in [0, 0.05) is 17.1 Å². The van der Waals surface area contributed by atoms with Crippen molar-refractivity contribution >= 4 is 23.3 Å². The van der Waals surface area contributed by atoms with Crippen molar-refractivity contribution in [3.63, 3.8) is 0 Å². The number of halogens is 2. The van der Waals surface area contributed by atoms with Crippen molar-refractivity contribution in [1.82, 2.24) is 15.1 Å². The number of carbonyl (C=O) groups is 1. The van der Waals surface area contributed by atoms with E-state index < -0.39 is 11.7 Å². The number of benzene rings is 1. The second kappa shape index (κ2) is 7.84. The Bertz CT molecular complexity index is 1000. The summed E-state index contributed by atoms with van der Waals surface area (Å²) in [6.45, 7) is 5.66. The van der Waals surface area contributed by atoms with E-state index in [0.29, 0.717) is 29.4 Å². The highest BCUT2D eigenvalue weighted by molar-refractivity contribution is 6.31. The van der Waals surface area contributed by atoms with Crippen LogP contribution in [0.15, 0.2) is 28.8 Å². The van der Waals surface area contributed by atoms with E-state index in [9.17, 15) is 9.18 Å². The fourth-order valence-corrected chi connectivity index (χ4v) is 2.90. The normalized spacial score (nSPS) is 10.9. The zero-order valence-electron chi connectivity index (χ0n) is 15.1. The van der Waals surface area contributed by atoms with Crippen LogP contribution in [-0.4, -0.2) is 21.0 Å². The van der Waals surface area contributed by atoms with Crippen LogP contribution in [0.25, 0.3) is 11.4 Å². The maximum absolute atomic E-state index is 14.0. The lowest BCUT2D eigenvalue weighted by Crippen LogP contribution is -2.16. The molecule has 0 atom stereocenters.